The normalized spacial score (nSPS) is 29.6. The molecule has 0 aromatic heterocycles. The minimum atomic E-state index is -0.257. The molecule has 3 atom stereocenters. The largest absolute Gasteiger partial charge is 0.493 e. The van der Waals surface area contributed by atoms with Crippen molar-refractivity contribution in [2.45, 2.75) is 63.6 Å². The van der Waals surface area contributed by atoms with Gasteiger partial charge in [0.2, 0.25) is 5.91 Å². The van der Waals surface area contributed by atoms with Gasteiger partial charge in [-0.05, 0) is 64.3 Å². The molecule has 1 unspecified atom stereocenters. The van der Waals surface area contributed by atoms with E-state index in [1.165, 1.54) is 11.1 Å². The van der Waals surface area contributed by atoms with Crippen LogP contribution in [-0.2, 0) is 11.2 Å². The van der Waals surface area contributed by atoms with Gasteiger partial charge >= 0.3 is 0 Å². The minimum Gasteiger partial charge on any atom is -0.493 e. The van der Waals surface area contributed by atoms with Gasteiger partial charge in [-0.2, -0.15) is 0 Å². The Kier molecular flexibility index (Phi) is 6.25. The molecule has 1 aromatic carbocycles. The Hall–Kier alpha value is -1.76. The Morgan fingerprint density at radius 2 is 1.97 bits per heavy atom. The second kappa shape index (κ2) is 8.64. The summed E-state index contributed by atoms with van der Waals surface area (Å²) in [5, 5.41) is 5.41. The van der Waals surface area contributed by atoms with Gasteiger partial charge in [0.05, 0.1) is 19.2 Å². The number of methoxy groups -OCH3 is 1. The van der Waals surface area contributed by atoms with Crippen LogP contribution < -0.4 is 20.2 Å². The lowest BCUT2D eigenvalue weighted by molar-refractivity contribution is -0.152. The number of piperidine rings is 1. The fraction of sp³-hybridized carbons (Fsp3) is 0.625. The van der Waals surface area contributed by atoms with Crippen LogP contribution in [0.3, 0.4) is 0 Å². The van der Waals surface area contributed by atoms with Gasteiger partial charge in [0.1, 0.15) is 5.60 Å². The summed E-state index contributed by atoms with van der Waals surface area (Å²) in [6.45, 7) is 6.18. The minimum absolute atomic E-state index is 0. The van der Waals surface area contributed by atoms with Crippen molar-refractivity contribution in [3.8, 4) is 11.5 Å². The zero-order valence-electron chi connectivity index (χ0n) is 18.6. The van der Waals surface area contributed by atoms with Crippen molar-refractivity contribution in [1.29, 1.82) is 0 Å². The Morgan fingerprint density at radius 3 is 2.71 bits per heavy atom. The van der Waals surface area contributed by atoms with Crippen molar-refractivity contribution in [3.05, 3.63) is 35.4 Å². The van der Waals surface area contributed by atoms with Crippen LogP contribution in [0.15, 0.2) is 24.3 Å². The van der Waals surface area contributed by atoms with Crippen LogP contribution in [0.2, 0.25) is 0 Å². The lowest BCUT2D eigenvalue weighted by Gasteiger charge is -2.48. The number of benzene rings is 1. The fourth-order valence-corrected chi connectivity index (χ4v) is 5.70. The molecule has 0 saturated carbocycles. The smallest absolute Gasteiger partial charge is 0.240 e. The lowest BCUT2D eigenvalue weighted by Crippen LogP contribution is -2.61. The van der Waals surface area contributed by atoms with Crippen LogP contribution in [0, 0.1) is 11.8 Å². The number of hydrogen-bond donors (Lipinski definition) is 2. The zero-order valence-corrected chi connectivity index (χ0v) is 19.5. The van der Waals surface area contributed by atoms with E-state index in [1.807, 2.05) is 11.1 Å². The molecule has 7 heteroatoms. The van der Waals surface area contributed by atoms with E-state index >= 15 is 0 Å². The van der Waals surface area contributed by atoms with E-state index in [4.69, 9.17) is 9.47 Å². The highest BCUT2D eigenvalue weighted by Crippen LogP contribution is 2.49. The number of ether oxygens (including phenoxy) is 2. The van der Waals surface area contributed by atoms with Gasteiger partial charge in [-0.15, -0.1) is 12.4 Å². The zero-order chi connectivity index (χ0) is 20.9. The Labute approximate surface area is 191 Å². The molecule has 2 fully saturated rings. The molecule has 3 heterocycles. The van der Waals surface area contributed by atoms with Gasteiger partial charge in [-0.25, -0.2) is 5.43 Å². The summed E-state index contributed by atoms with van der Waals surface area (Å²) in [7, 11) is 1.69. The third kappa shape index (κ3) is 3.94. The topological polar surface area (TPSA) is 62.8 Å². The number of carbonyl (C=O) groups is 1. The van der Waals surface area contributed by atoms with Gasteiger partial charge < -0.3 is 14.8 Å². The number of halogens is 1. The maximum atomic E-state index is 13.4. The van der Waals surface area contributed by atoms with Crippen LogP contribution in [-0.4, -0.2) is 42.8 Å². The molecule has 2 N–H and O–H groups in total. The van der Waals surface area contributed by atoms with Crippen LogP contribution >= 0.6 is 12.4 Å². The van der Waals surface area contributed by atoms with Crippen molar-refractivity contribution in [2.24, 2.45) is 11.8 Å². The summed E-state index contributed by atoms with van der Waals surface area (Å²) >= 11 is 0. The Morgan fingerprint density at radius 1 is 1.19 bits per heavy atom. The molecule has 0 radical (unpaired) electrons. The first-order valence-electron chi connectivity index (χ1n) is 11.3. The van der Waals surface area contributed by atoms with Crippen LogP contribution in [0.4, 0.5) is 0 Å². The quantitative estimate of drug-likeness (QED) is 0.694. The van der Waals surface area contributed by atoms with E-state index in [-0.39, 0.29) is 47.8 Å². The Balaban J connectivity index is 0.00000231. The van der Waals surface area contributed by atoms with Crippen LogP contribution in [0.25, 0.3) is 0 Å². The molecular weight excluding hydrogens is 414 g/mol. The number of amides is 1. The third-order valence-electron chi connectivity index (χ3n) is 7.16. The molecule has 2 saturated heterocycles. The van der Waals surface area contributed by atoms with E-state index in [0.29, 0.717) is 0 Å². The Bertz CT molecular complexity index is 866. The maximum absolute atomic E-state index is 13.4. The first-order valence-corrected chi connectivity index (χ1v) is 11.3. The molecule has 31 heavy (non-hydrogen) atoms. The molecular formula is C24H34ClN3O3. The number of allylic oxidation sites excluding steroid dienone is 1. The van der Waals surface area contributed by atoms with E-state index in [1.54, 1.807) is 7.11 Å². The number of carbonyl (C=O) groups excluding carboxylic acids is 1. The van der Waals surface area contributed by atoms with Crippen LogP contribution in [0.5, 0.6) is 11.5 Å². The van der Waals surface area contributed by atoms with Gasteiger partial charge in [-0.3, -0.25) is 9.80 Å². The molecule has 5 rings (SSSR count). The summed E-state index contributed by atoms with van der Waals surface area (Å²) in [4.78, 5) is 13.4. The average Bonchev–Trinajstić information content (AvgIpc) is 3.09. The monoisotopic (exact) mass is 447 g/mol. The first kappa shape index (κ1) is 22.4. The SMILES string of the molecule is COc1ccc([C@H]2NN(C3CCNCC3)C(=O)C3CCC=C[C@@H]32)c2c1OC(C)(C)C2.Cl. The second-order valence-electron chi connectivity index (χ2n) is 9.69. The summed E-state index contributed by atoms with van der Waals surface area (Å²) in [5.74, 6) is 2.14. The van der Waals surface area contributed by atoms with Gasteiger partial charge in [0, 0.05) is 23.8 Å². The molecule has 6 nitrogen and oxygen atoms in total. The molecule has 0 spiro atoms. The highest BCUT2D eigenvalue weighted by molar-refractivity contribution is 5.85. The fourth-order valence-electron chi connectivity index (χ4n) is 5.70. The first-order chi connectivity index (χ1) is 14.5. The highest BCUT2D eigenvalue weighted by Gasteiger charge is 2.46. The standard InChI is InChI=1S/C24H33N3O3.ClH/c1-24(2)14-19-17(8-9-20(29-3)22(19)30-24)21-16-6-4-5-7-18(16)23(28)27(26-21)15-10-12-25-13-11-15;/h4,6,8-9,15-16,18,21,25-26H,5,7,10-14H2,1-3H3;1H/t16-,18?,21-;/m0./s1. The highest BCUT2D eigenvalue weighted by atomic mass is 35.5. The number of rotatable bonds is 3. The third-order valence-corrected chi connectivity index (χ3v) is 7.16. The van der Waals surface area contributed by atoms with Crippen molar-refractivity contribution in [2.75, 3.05) is 20.2 Å². The number of nitrogens with zero attached hydrogens (tertiary/aromatic N) is 1. The van der Waals surface area contributed by atoms with E-state index in [2.05, 4.69) is 42.8 Å². The van der Waals surface area contributed by atoms with Gasteiger partial charge in [-0.1, -0.05) is 18.2 Å². The summed E-state index contributed by atoms with van der Waals surface area (Å²) < 4.78 is 11.9. The molecule has 0 bridgehead atoms. The van der Waals surface area contributed by atoms with E-state index in [0.717, 1.165) is 56.7 Å². The molecule has 3 aliphatic heterocycles. The van der Waals surface area contributed by atoms with E-state index < -0.39 is 0 Å². The molecule has 4 aliphatic rings. The number of fused-ring (bicyclic) bond motifs is 2. The number of nitrogens with one attached hydrogen (secondary N) is 2. The predicted octanol–water partition coefficient (Wildman–Crippen LogP) is 3.55. The van der Waals surface area contributed by atoms with Crippen molar-refractivity contribution < 1.29 is 14.3 Å². The molecule has 170 valence electrons. The number of hydrogen-bond acceptors (Lipinski definition) is 5. The second-order valence-corrected chi connectivity index (χ2v) is 9.69. The summed E-state index contributed by atoms with van der Waals surface area (Å²) in [6, 6.07) is 4.52. The summed E-state index contributed by atoms with van der Waals surface area (Å²) in [6.07, 6.45) is 9.26. The molecule has 1 aliphatic carbocycles. The molecule has 1 aromatic rings. The average molecular weight is 448 g/mol. The van der Waals surface area contributed by atoms with Gasteiger partial charge in [0.15, 0.2) is 11.5 Å². The number of hydrazine groups is 1. The summed E-state index contributed by atoms with van der Waals surface area (Å²) in [5.41, 5.74) is 5.89. The van der Waals surface area contributed by atoms with Crippen LogP contribution in [0.1, 0.15) is 56.7 Å². The maximum Gasteiger partial charge on any atom is 0.240 e. The van der Waals surface area contributed by atoms with E-state index in [9.17, 15) is 4.79 Å². The van der Waals surface area contributed by atoms with Crippen molar-refractivity contribution in [3.63, 3.8) is 0 Å². The predicted molar refractivity (Wildman–Crippen MR) is 123 cm³/mol. The van der Waals surface area contributed by atoms with Gasteiger partial charge in [0.25, 0.3) is 0 Å². The molecule has 1 amide bonds. The van der Waals surface area contributed by atoms with Crippen molar-refractivity contribution in [1.82, 2.24) is 15.8 Å². The van der Waals surface area contributed by atoms with Crippen molar-refractivity contribution >= 4 is 18.3 Å². The lowest BCUT2D eigenvalue weighted by atomic mass is 9.74.